The molecule has 2 aliphatic heterocycles. The fourth-order valence-electron chi connectivity index (χ4n) is 4.56. The Morgan fingerprint density at radius 3 is 2.12 bits per heavy atom. The van der Waals surface area contributed by atoms with Crippen LogP contribution in [0.4, 0.5) is 0 Å². The van der Waals surface area contributed by atoms with Crippen molar-refractivity contribution in [1.29, 1.82) is 0 Å². The van der Waals surface area contributed by atoms with Crippen molar-refractivity contribution in [3.05, 3.63) is 0 Å². The minimum absolute atomic E-state index is 0.170. The van der Waals surface area contributed by atoms with Gasteiger partial charge in [0.1, 0.15) is 0 Å². The van der Waals surface area contributed by atoms with E-state index in [1.54, 1.807) is 0 Å². The molecule has 1 aliphatic carbocycles. The quantitative estimate of drug-likeness (QED) is 0.685. The third-order valence-corrected chi connectivity index (χ3v) is 5.60. The Labute approximate surface area is 104 Å². The molecule has 0 aromatic rings. The van der Waals surface area contributed by atoms with Crippen LogP contribution < -0.4 is 5.32 Å². The zero-order valence-electron chi connectivity index (χ0n) is 10.6. The van der Waals surface area contributed by atoms with Crippen LogP contribution in [0, 0.1) is 5.41 Å². The zero-order chi connectivity index (χ0) is 11.9. The first-order valence-electron chi connectivity index (χ1n) is 7.27. The van der Waals surface area contributed by atoms with E-state index >= 15 is 0 Å². The average Bonchev–Trinajstić information content (AvgIpc) is 2.70. The van der Waals surface area contributed by atoms with Gasteiger partial charge in [-0.25, -0.2) is 0 Å². The van der Waals surface area contributed by atoms with Gasteiger partial charge < -0.3 is 15.5 Å². The fourth-order valence-corrected chi connectivity index (χ4v) is 4.56. The van der Waals surface area contributed by atoms with Crippen molar-refractivity contribution in [3.63, 3.8) is 0 Å². The first-order chi connectivity index (χ1) is 8.17. The largest absolute Gasteiger partial charge is 0.396 e. The Kier molecular flexibility index (Phi) is 2.96. The van der Waals surface area contributed by atoms with Crippen molar-refractivity contribution < 1.29 is 10.2 Å². The molecule has 3 N–H and O–H groups in total. The molecule has 2 bridgehead atoms. The monoisotopic (exact) mass is 239 g/mol. The lowest BCUT2D eigenvalue weighted by Crippen LogP contribution is -2.59. The van der Waals surface area contributed by atoms with Crippen LogP contribution >= 0.6 is 0 Å². The number of aliphatic hydroxyl groups excluding tert-OH is 1. The molecule has 3 aliphatic rings. The third-order valence-electron chi connectivity index (χ3n) is 5.60. The molecule has 0 radical (unpaired) electrons. The van der Waals surface area contributed by atoms with Gasteiger partial charge in [-0.15, -0.1) is 0 Å². The van der Waals surface area contributed by atoms with E-state index in [9.17, 15) is 10.2 Å². The van der Waals surface area contributed by atoms with Gasteiger partial charge in [0.2, 0.25) is 0 Å². The lowest BCUT2D eigenvalue weighted by Gasteiger charge is -2.52. The van der Waals surface area contributed by atoms with Gasteiger partial charge in [-0.2, -0.15) is 0 Å². The van der Waals surface area contributed by atoms with Crippen molar-refractivity contribution in [2.24, 2.45) is 5.41 Å². The molecule has 1 saturated carbocycles. The van der Waals surface area contributed by atoms with E-state index < -0.39 is 5.60 Å². The van der Waals surface area contributed by atoms with Crippen LogP contribution in [0.3, 0.4) is 0 Å². The second-order valence-corrected chi connectivity index (χ2v) is 6.58. The molecule has 3 heteroatoms. The van der Waals surface area contributed by atoms with Crippen LogP contribution in [-0.2, 0) is 0 Å². The smallest absolute Gasteiger partial charge is 0.0755 e. The van der Waals surface area contributed by atoms with Gasteiger partial charge in [-0.1, -0.05) is 19.3 Å². The maximum atomic E-state index is 11.1. The molecular formula is C14H25NO2. The van der Waals surface area contributed by atoms with E-state index in [0.29, 0.717) is 12.1 Å². The number of hydrogen-bond acceptors (Lipinski definition) is 3. The molecule has 0 aromatic heterocycles. The highest BCUT2D eigenvalue weighted by molar-refractivity contribution is 5.09. The summed E-state index contributed by atoms with van der Waals surface area (Å²) < 4.78 is 0. The Balaban J connectivity index is 1.84. The lowest BCUT2D eigenvalue weighted by atomic mass is 9.59. The summed E-state index contributed by atoms with van der Waals surface area (Å²) in [7, 11) is 0. The van der Waals surface area contributed by atoms with Crippen molar-refractivity contribution in [1.82, 2.24) is 5.32 Å². The van der Waals surface area contributed by atoms with Crippen LogP contribution in [0.15, 0.2) is 0 Å². The SMILES string of the molecule is OCC1(C2(O)CC3CCC(C2)N3)CCCCC1. The van der Waals surface area contributed by atoms with Crippen LogP contribution in [0.2, 0.25) is 0 Å². The molecule has 2 atom stereocenters. The predicted molar refractivity (Wildman–Crippen MR) is 66.7 cm³/mol. The standard InChI is InChI=1S/C14H25NO2/c16-10-13(6-2-1-3-7-13)14(17)8-11-4-5-12(9-14)15-11/h11-12,15-17H,1-10H2. The van der Waals surface area contributed by atoms with Crippen molar-refractivity contribution in [3.8, 4) is 0 Å². The molecule has 0 amide bonds. The minimum Gasteiger partial charge on any atom is -0.396 e. The number of nitrogens with one attached hydrogen (secondary N) is 1. The predicted octanol–water partition coefficient (Wildman–Crippen LogP) is 1.57. The van der Waals surface area contributed by atoms with E-state index in [1.807, 2.05) is 0 Å². The van der Waals surface area contributed by atoms with E-state index in [2.05, 4.69) is 5.32 Å². The number of aliphatic hydroxyl groups is 2. The van der Waals surface area contributed by atoms with E-state index in [1.165, 1.54) is 32.1 Å². The molecule has 2 unspecified atom stereocenters. The number of piperidine rings is 1. The van der Waals surface area contributed by atoms with Crippen molar-refractivity contribution >= 4 is 0 Å². The Bertz CT molecular complexity index is 274. The van der Waals surface area contributed by atoms with Crippen molar-refractivity contribution in [2.75, 3.05) is 6.61 Å². The summed E-state index contributed by atoms with van der Waals surface area (Å²) in [6.45, 7) is 0.170. The molecule has 3 nitrogen and oxygen atoms in total. The van der Waals surface area contributed by atoms with E-state index in [0.717, 1.165) is 25.7 Å². The normalized spacial score (nSPS) is 44.8. The van der Waals surface area contributed by atoms with Crippen LogP contribution in [0.1, 0.15) is 57.8 Å². The summed E-state index contributed by atoms with van der Waals surface area (Å²) >= 11 is 0. The summed E-state index contributed by atoms with van der Waals surface area (Å²) in [5.41, 5.74) is -0.812. The second-order valence-electron chi connectivity index (χ2n) is 6.58. The first kappa shape index (κ1) is 11.9. The van der Waals surface area contributed by atoms with Gasteiger partial charge in [-0.3, -0.25) is 0 Å². The summed E-state index contributed by atoms with van der Waals surface area (Å²) in [5, 5.41) is 24.6. The minimum atomic E-state index is -0.612. The van der Waals surface area contributed by atoms with Gasteiger partial charge in [-0.05, 0) is 38.5 Å². The van der Waals surface area contributed by atoms with Crippen LogP contribution in [-0.4, -0.2) is 34.5 Å². The first-order valence-corrected chi connectivity index (χ1v) is 7.27. The molecule has 2 saturated heterocycles. The Hall–Kier alpha value is -0.120. The molecular weight excluding hydrogens is 214 g/mol. The third kappa shape index (κ3) is 1.83. The van der Waals surface area contributed by atoms with Gasteiger partial charge >= 0.3 is 0 Å². The summed E-state index contributed by atoms with van der Waals surface area (Å²) in [6, 6.07) is 0.980. The van der Waals surface area contributed by atoms with Gasteiger partial charge in [0.15, 0.2) is 0 Å². The maximum Gasteiger partial charge on any atom is 0.0755 e. The van der Waals surface area contributed by atoms with Gasteiger partial charge in [0, 0.05) is 17.5 Å². The van der Waals surface area contributed by atoms with E-state index in [-0.39, 0.29) is 12.0 Å². The molecule has 2 heterocycles. The fraction of sp³-hybridized carbons (Fsp3) is 1.00. The number of fused-ring (bicyclic) bond motifs is 2. The van der Waals surface area contributed by atoms with Crippen molar-refractivity contribution in [2.45, 2.75) is 75.5 Å². The second kappa shape index (κ2) is 4.22. The Morgan fingerprint density at radius 1 is 1.00 bits per heavy atom. The zero-order valence-corrected chi connectivity index (χ0v) is 10.6. The highest BCUT2D eigenvalue weighted by atomic mass is 16.3. The molecule has 3 fully saturated rings. The van der Waals surface area contributed by atoms with Crippen LogP contribution in [0.25, 0.3) is 0 Å². The number of hydrogen-bond donors (Lipinski definition) is 3. The molecule has 3 rings (SSSR count). The summed E-state index contributed by atoms with van der Waals surface area (Å²) in [6.07, 6.45) is 9.75. The highest BCUT2D eigenvalue weighted by Gasteiger charge is 2.55. The Morgan fingerprint density at radius 2 is 1.59 bits per heavy atom. The molecule has 0 aromatic carbocycles. The molecule has 0 spiro atoms. The van der Waals surface area contributed by atoms with Gasteiger partial charge in [0.05, 0.1) is 12.2 Å². The van der Waals surface area contributed by atoms with Gasteiger partial charge in [0.25, 0.3) is 0 Å². The lowest BCUT2D eigenvalue weighted by molar-refractivity contribution is -0.150. The summed E-state index contributed by atoms with van der Waals surface area (Å²) in [5.74, 6) is 0. The molecule has 17 heavy (non-hydrogen) atoms. The van der Waals surface area contributed by atoms with Crippen LogP contribution in [0.5, 0.6) is 0 Å². The molecule has 98 valence electrons. The van der Waals surface area contributed by atoms with E-state index in [4.69, 9.17) is 0 Å². The average molecular weight is 239 g/mol. The summed E-state index contributed by atoms with van der Waals surface area (Å²) in [4.78, 5) is 0. The maximum absolute atomic E-state index is 11.1. The highest BCUT2D eigenvalue weighted by Crippen LogP contribution is 2.51. The number of rotatable bonds is 2. The topological polar surface area (TPSA) is 52.5 Å².